The van der Waals surface area contributed by atoms with Crippen LogP contribution in [0.2, 0.25) is 10.0 Å². The van der Waals surface area contributed by atoms with Gasteiger partial charge in [-0.2, -0.15) is 0 Å². The van der Waals surface area contributed by atoms with Gasteiger partial charge < -0.3 is 10.2 Å². The maximum absolute atomic E-state index is 12.9. The van der Waals surface area contributed by atoms with Gasteiger partial charge in [-0.25, -0.2) is 0 Å². The summed E-state index contributed by atoms with van der Waals surface area (Å²) < 4.78 is 0.934. The van der Waals surface area contributed by atoms with Crippen molar-refractivity contribution < 1.29 is 15.0 Å². The molecule has 1 saturated carbocycles. The van der Waals surface area contributed by atoms with Crippen molar-refractivity contribution in [3.8, 4) is 11.5 Å². The molecule has 0 unspecified atom stereocenters. The number of hydrogen-bond donors (Lipinski definition) is 2. The van der Waals surface area contributed by atoms with Crippen LogP contribution in [0.1, 0.15) is 30.4 Å². The molecule has 140 valence electrons. The largest absolute Gasteiger partial charge is 0.506 e. The zero-order valence-electron chi connectivity index (χ0n) is 13.9. The molecular weight excluding hydrogens is 519 g/mol. The molecule has 1 aliphatic carbocycles. The summed E-state index contributed by atoms with van der Waals surface area (Å²) in [6.45, 7) is 0. The van der Waals surface area contributed by atoms with Crippen LogP contribution in [0.5, 0.6) is 11.5 Å². The summed E-state index contributed by atoms with van der Waals surface area (Å²) in [4.78, 5) is 12.9. The number of carbonyl (C=O) groups is 1. The average Bonchev–Trinajstić information content (AvgIpc) is 2.60. The predicted molar refractivity (Wildman–Crippen MR) is 116 cm³/mol. The Bertz CT molecular complexity index is 920. The summed E-state index contributed by atoms with van der Waals surface area (Å²) >= 11 is 18.6. The van der Waals surface area contributed by atoms with Crippen molar-refractivity contribution in [2.45, 2.75) is 19.3 Å². The van der Waals surface area contributed by atoms with E-state index in [9.17, 15) is 15.0 Å². The van der Waals surface area contributed by atoms with Gasteiger partial charge in [0.1, 0.15) is 11.5 Å². The first kappa shape index (κ1) is 20.5. The summed E-state index contributed by atoms with van der Waals surface area (Å²) in [5.41, 5.74) is 2.12. The van der Waals surface area contributed by atoms with Crippen molar-refractivity contribution in [2.75, 3.05) is 0 Å². The lowest BCUT2D eigenvalue weighted by molar-refractivity contribution is -0.112. The molecule has 0 aliphatic heterocycles. The molecule has 0 amide bonds. The monoisotopic (exact) mass is 530 g/mol. The Kier molecular flexibility index (Phi) is 6.36. The predicted octanol–water partition coefficient (Wildman–Crippen LogP) is 7.15. The van der Waals surface area contributed by atoms with Crippen LogP contribution < -0.4 is 0 Å². The summed E-state index contributed by atoms with van der Waals surface area (Å²) in [6.07, 6.45) is 5.31. The van der Waals surface area contributed by atoms with E-state index in [1.807, 2.05) is 0 Å². The van der Waals surface area contributed by atoms with E-state index in [1.165, 1.54) is 0 Å². The number of ketones is 1. The van der Waals surface area contributed by atoms with Gasteiger partial charge in [-0.1, -0.05) is 23.2 Å². The second-order valence-electron chi connectivity index (χ2n) is 6.17. The van der Waals surface area contributed by atoms with Crippen LogP contribution in [-0.4, -0.2) is 16.0 Å². The summed E-state index contributed by atoms with van der Waals surface area (Å²) in [5.74, 6) is -0.0494. The molecule has 7 heteroatoms. The van der Waals surface area contributed by atoms with Gasteiger partial charge in [0.15, 0.2) is 5.78 Å². The van der Waals surface area contributed by atoms with Crippen LogP contribution in [0.4, 0.5) is 0 Å². The molecule has 3 nitrogen and oxygen atoms in total. The third-order valence-electron chi connectivity index (χ3n) is 4.25. The summed E-state index contributed by atoms with van der Waals surface area (Å²) in [6, 6.07) is 6.40. The van der Waals surface area contributed by atoms with Gasteiger partial charge in [0.2, 0.25) is 0 Å². The molecule has 1 aliphatic rings. The Balaban J connectivity index is 2.00. The van der Waals surface area contributed by atoms with Crippen molar-refractivity contribution in [3.63, 3.8) is 0 Å². The zero-order valence-corrected chi connectivity index (χ0v) is 18.6. The van der Waals surface area contributed by atoms with E-state index in [2.05, 4.69) is 31.9 Å². The number of aromatic hydroxyl groups is 2. The Morgan fingerprint density at radius 3 is 1.63 bits per heavy atom. The molecular formula is C20H14Br2Cl2O3. The van der Waals surface area contributed by atoms with Crippen molar-refractivity contribution >= 4 is 73.0 Å². The number of hydrogen-bond acceptors (Lipinski definition) is 3. The molecule has 0 atom stereocenters. The Labute approximate surface area is 183 Å². The lowest BCUT2D eigenvalue weighted by atomic mass is 9.86. The van der Waals surface area contributed by atoms with Gasteiger partial charge >= 0.3 is 0 Å². The molecule has 0 heterocycles. The number of rotatable bonds is 2. The molecule has 0 saturated heterocycles. The SMILES string of the molecule is O=C1C(=Cc2cc(Cl)cc(Br)c2O)CCCC1=Cc1cc(Cl)cc(Br)c1O. The van der Waals surface area contributed by atoms with E-state index in [0.29, 0.717) is 54.1 Å². The van der Waals surface area contributed by atoms with Crippen LogP contribution in [0, 0.1) is 0 Å². The highest BCUT2D eigenvalue weighted by molar-refractivity contribution is 9.10. The van der Waals surface area contributed by atoms with Crippen LogP contribution in [0.3, 0.4) is 0 Å². The molecule has 2 aromatic rings. The van der Waals surface area contributed by atoms with E-state index in [0.717, 1.165) is 6.42 Å². The first-order valence-electron chi connectivity index (χ1n) is 8.08. The molecule has 27 heavy (non-hydrogen) atoms. The molecule has 0 spiro atoms. The number of phenols is 2. The third kappa shape index (κ3) is 4.60. The van der Waals surface area contributed by atoms with Gasteiger partial charge in [0.05, 0.1) is 8.95 Å². The molecule has 0 bridgehead atoms. The van der Waals surface area contributed by atoms with Crippen molar-refractivity contribution in [1.29, 1.82) is 0 Å². The number of allylic oxidation sites excluding steroid dienone is 2. The van der Waals surface area contributed by atoms with Crippen LogP contribution >= 0.6 is 55.1 Å². The van der Waals surface area contributed by atoms with E-state index in [-0.39, 0.29) is 17.3 Å². The molecule has 3 rings (SSSR count). The number of benzene rings is 2. The highest BCUT2D eigenvalue weighted by Gasteiger charge is 2.22. The van der Waals surface area contributed by atoms with Gasteiger partial charge in [0, 0.05) is 32.3 Å². The highest BCUT2D eigenvalue weighted by atomic mass is 79.9. The first-order valence-corrected chi connectivity index (χ1v) is 10.4. The molecule has 0 aromatic heterocycles. The lowest BCUT2D eigenvalue weighted by Crippen LogP contribution is -2.12. The smallest absolute Gasteiger partial charge is 0.185 e. The normalized spacial score (nSPS) is 17.7. The quantitative estimate of drug-likeness (QED) is 0.404. The van der Waals surface area contributed by atoms with E-state index in [1.54, 1.807) is 36.4 Å². The maximum Gasteiger partial charge on any atom is 0.185 e. The molecule has 2 N–H and O–H groups in total. The standard InChI is InChI=1S/C20H14Br2Cl2O3/c21-16-8-14(23)6-12(19(16)26)4-10-2-1-3-11(18(10)25)5-13-7-15(24)9-17(22)20(13)27/h4-9,26-27H,1-3H2. The zero-order chi connectivity index (χ0) is 19.7. The van der Waals surface area contributed by atoms with Gasteiger partial charge in [-0.05, 0) is 87.5 Å². The first-order chi connectivity index (χ1) is 12.8. The fraction of sp³-hybridized carbons (Fsp3) is 0.150. The summed E-state index contributed by atoms with van der Waals surface area (Å²) in [7, 11) is 0. The van der Waals surface area contributed by atoms with Gasteiger partial charge in [0.25, 0.3) is 0 Å². The Morgan fingerprint density at radius 2 is 1.22 bits per heavy atom. The minimum Gasteiger partial charge on any atom is -0.506 e. The van der Waals surface area contributed by atoms with Crippen molar-refractivity contribution in [1.82, 2.24) is 0 Å². The van der Waals surface area contributed by atoms with Crippen LogP contribution in [0.15, 0.2) is 44.4 Å². The average molecular weight is 533 g/mol. The number of carbonyl (C=O) groups excluding carboxylic acids is 1. The molecule has 0 radical (unpaired) electrons. The van der Waals surface area contributed by atoms with E-state index in [4.69, 9.17) is 23.2 Å². The number of Topliss-reactive ketones (excluding diaryl/α,β-unsaturated/α-hetero) is 1. The minimum absolute atomic E-state index is 0.0345. The maximum atomic E-state index is 12.9. The van der Waals surface area contributed by atoms with E-state index < -0.39 is 0 Å². The number of phenolic OH excluding ortho intramolecular Hbond substituents is 2. The Hall–Kier alpha value is -1.27. The third-order valence-corrected chi connectivity index (χ3v) is 5.90. The highest BCUT2D eigenvalue weighted by Crippen LogP contribution is 2.37. The van der Waals surface area contributed by atoms with Gasteiger partial charge in [-0.15, -0.1) is 0 Å². The fourth-order valence-corrected chi connectivity index (χ4v) is 4.61. The molecule has 2 aromatic carbocycles. The Morgan fingerprint density at radius 1 is 0.815 bits per heavy atom. The second kappa shape index (κ2) is 8.39. The lowest BCUT2D eigenvalue weighted by Gasteiger charge is -2.17. The fourth-order valence-electron chi connectivity index (χ4n) is 2.95. The van der Waals surface area contributed by atoms with Crippen molar-refractivity contribution in [3.05, 3.63) is 65.5 Å². The minimum atomic E-state index is -0.118. The van der Waals surface area contributed by atoms with Crippen LogP contribution in [-0.2, 0) is 4.79 Å². The second-order valence-corrected chi connectivity index (χ2v) is 8.75. The van der Waals surface area contributed by atoms with Gasteiger partial charge in [-0.3, -0.25) is 4.79 Å². The van der Waals surface area contributed by atoms with E-state index >= 15 is 0 Å². The van der Waals surface area contributed by atoms with Crippen molar-refractivity contribution in [2.24, 2.45) is 0 Å². The molecule has 1 fully saturated rings. The summed E-state index contributed by atoms with van der Waals surface area (Å²) in [5, 5.41) is 21.3. The van der Waals surface area contributed by atoms with Crippen LogP contribution in [0.25, 0.3) is 12.2 Å². The topological polar surface area (TPSA) is 57.5 Å². The number of halogens is 4.